The highest BCUT2D eigenvalue weighted by Crippen LogP contribution is 2.20. The standard InChI is InChI=1S/C23H29N3O3/c27-21(18-5-8-23(26-15-18)29-19-9-11-24-12-10-19)6-7-22(28)20-13-16-3-1-2-4-17(16)14-25-20/h1-5,8,15,19-20,22,24-25,28H,6-7,9-14H2/t20-,22+/m0/s1. The van der Waals surface area contributed by atoms with Gasteiger partial charge in [0.2, 0.25) is 5.88 Å². The van der Waals surface area contributed by atoms with Crippen molar-refractivity contribution in [1.82, 2.24) is 15.6 Å². The van der Waals surface area contributed by atoms with Crippen molar-refractivity contribution >= 4 is 5.78 Å². The second-order valence-corrected chi connectivity index (χ2v) is 7.94. The summed E-state index contributed by atoms with van der Waals surface area (Å²) in [6, 6.07) is 11.8. The third-order valence-corrected chi connectivity index (χ3v) is 5.88. The van der Waals surface area contributed by atoms with Crippen LogP contribution in [0, 0.1) is 0 Å². The summed E-state index contributed by atoms with van der Waals surface area (Å²) in [5.41, 5.74) is 3.12. The van der Waals surface area contributed by atoms with Gasteiger partial charge in [-0.25, -0.2) is 4.98 Å². The second-order valence-electron chi connectivity index (χ2n) is 7.94. The Hall–Kier alpha value is -2.28. The summed E-state index contributed by atoms with van der Waals surface area (Å²) >= 11 is 0. The third kappa shape index (κ3) is 5.21. The second kappa shape index (κ2) is 9.48. The Bertz CT molecular complexity index is 818. The lowest BCUT2D eigenvalue weighted by Crippen LogP contribution is -2.44. The molecule has 1 fully saturated rings. The molecule has 3 heterocycles. The number of hydrogen-bond acceptors (Lipinski definition) is 6. The molecule has 0 saturated carbocycles. The number of nitrogens with one attached hydrogen (secondary N) is 2. The van der Waals surface area contributed by atoms with Crippen LogP contribution in [0.3, 0.4) is 0 Å². The number of Topliss-reactive ketones (excluding diaryl/α,β-unsaturated/α-hetero) is 1. The normalized spacial score (nSPS) is 20.7. The minimum Gasteiger partial charge on any atom is -0.474 e. The Morgan fingerprint density at radius 2 is 1.97 bits per heavy atom. The molecule has 0 radical (unpaired) electrons. The molecule has 4 rings (SSSR count). The minimum absolute atomic E-state index is 0.00109. The van der Waals surface area contributed by atoms with Crippen LogP contribution >= 0.6 is 0 Å². The molecule has 2 atom stereocenters. The van der Waals surface area contributed by atoms with Gasteiger partial charge in [-0.1, -0.05) is 24.3 Å². The first-order valence-electron chi connectivity index (χ1n) is 10.5. The number of aliphatic hydroxyl groups is 1. The number of aliphatic hydroxyl groups excluding tert-OH is 1. The molecule has 1 aromatic heterocycles. The fraction of sp³-hybridized carbons (Fsp3) is 0.478. The molecule has 0 aliphatic carbocycles. The van der Waals surface area contributed by atoms with Crippen molar-refractivity contribution in [2.75, 3.05) is 13.1 Å². The Morgan fingerprint density at radius 1 is 1.17 bits per heavy atom. The summed E-state index contributed by atoms with van der Waals surface area (Å²) in [7, 11) is 0. The Kier molecular flexibility index (Phi) is 6.54. The number of benzene rings is 1. The van der Waals surface area contributed by atoms with Gasteiger partial charge >= 0.3 is 0 Å². The maximum absolute atomic E-state index is 12.5. The largest absolute Gasteiger partial charge is 0.474 e. The fourth-order valence-corrected chi connectivity index (χ4v) is 4.07. The number of pyridine rings is 1. The highest BCUT2D eigenvalue weighted by Gasteiger charge is 2.25. The van der Waals surface area contributed by atoms with Crippen LogP contribution in [0.1, 0.15) is 47.2 Å². The minimum atomic E-state index is -0.553. The molecule has 154 valence electrons. The molecule has 29 heavy (non-hydrogen) atoms. The van der Waals surface area contributed by atoms with Crippen LogP contribution in [-0.4, -0.2) is 47.2 Å². The molecule has 0 spiro atoms. The van der Waals surface area contributed by atoms with Crippen molar-refractivity contribution < 1.29 is 14.6 Å². The van der Waals surface area contributed by atoms with Crippen LogP contribution in [0.4, 0.5) is 0 Å². The van der Waals surface area contributed by atoms with E-state index in [9.17, 15) is 9.90 Å². The van der Waals surface area contributed by atoms with Crippen LogP contribution in [0.25, 0.3) is 0 Å². The fourth-order valence-electron chi connectivity index (χ4n) is 4.07. The topological polar surface area (TPSA) is 83.5 Å². The number of ether oxygens (including phenoxy) is 1. The van der Waals surface area contributed by atoms with Gasteiger partial charge in [0, 0.05) is 36.8 Å². The molecule has 0 unspecified atom stereocenters. The molecule has 6 nitrogen and oxygen atoms in total. The van der Waals surface area contributed by atoms with Crippen molar-refractivity contribution in [2.45, 2.75) is 56.9 Å². The van der Waals surface area contributed by atoms with E-state index < -0.39 is 6.10 Å². The highest BCUT2D eigenvalue weighted by atomic mass is 16.5. The van der Waals surface area contributed by atoms with Gasteiger partial charge in [0.05, 0.1) is 6.10 Å². The van der Waals surface area contributed by atoms with E-state index in [4.69, 9.17) is 4.74 Å². The van der Waals surface area contributed by atoms with E-state index >= 15 is 0 Å². The van der Waals surface area contributed by atoms with Crippen molar-refractivity contribution in [3.05, 3.63) is 59.3 Å². The van der Waals surface area contributed by atoms with E-state index in [0.29, 0.717) is 24.3 Å². The molecule has 3 N–H and O–H groups in total. The third-order valence-electron chi connectivity index (χ3n) is 5.88. The predicted molar refractivity (Wildman–Crippen MR) is 111 cm³/mol. The van der Waals surface area contributed by atoms with Crippen molar-refractivity contribution in [3.63, 3.8) is 0 Å². The summed E-state index contributed by atoms with van der Waals surface area (Å²) in [4.78, 5) is 16.8. The van der Waals surface area contributed by atoms with Crippen LogP contribution < -0.4 is 15.4 Å². The van der Waals surface area contributed by atoms with E-state index in [0.717, 1.165) is 38.9 Å². The van der Waals surface area contributed by atoms with E-state index in [1.807, 2.05) is 12.1 Å². The number of fused-ring (bicyclic) bond motifs is 1. The maximum Gasteiger partial charge on any atom is 0.213 e. The SMILES string of the molecule is O=C(CC[C@@H](O)[C@@H]1Cc2ccccc2CN1)c1ccc(OC2CCNCC2)nc1. The molecule has 2 aliphatic rings. The molecule has 1 aromatic carbocycles. The summed E-state index contributed by atoms with van der Waals surface area (Å²) in [6.07, 6.45) is 4.69. The van der Waals surface area contributed by atoms with Gasteiger partial charge in [-0.2, -0.15) is 0 Å². The number of nitrogens with zero attached hydrogens (tertiary/aromatic N) is 1. The number of hydrogen-bond donors (Lipinski definition) is 3. The highest BCUT2D eigenvalue weighted by molar-refractivity contribution is 5.95. The molecule has 2 aromatic rings. The zero-order valence-corrected chi connectivity index (χ0v) is 16.6. The summed E-state index contributed by atoms with van der Waals surface area (Å²) in [5.74, 6) is 0.569. The van der Waals surface area contributed by atoms with Crippen LogP contribution in [0.15, 0.2) is 42.6 Å². The number of ketones is 1. The predicted octanol–water partition coefficient (Wildman–Crippen LogP) is 2.25. The lowest BCUT2D eigenvalue weighted by Gasteiger charge is -2.29. The summed E-state index contributed by atoms with van der Waals surface area (Å²) in [6.45, 7) is 2.68. The Labute approximate surface area is 171 Å². The smallest absolute Gasteiger partial charge is 0.213 e. The lowest BCUT2D eigenvalue weighted by molar-refractivity contribution is 0.0877. The van der Waals surface area contributed by atoms with Gasteiger partial charge in [0.25, 0.3) is 0 Å². The van der Waals surface area contributed by atoms with E-state index in [2.05, 4.69) is 27.8 Å². The van der Waals surface area contributed by atoms with Gasteiger partial charge in [0.1, 0.15) is 6.10 Å². The Morgan fingerprint density at radius 3 is 2.72 bits per heavy atom. The molecular formula is C23H29N3O3. The van der Waals surface area contributed by atoms with E-state index in [-0.39, 0.29) is 17.9 Å². The van der Waals surface area contributed by atoms with Gasteiger partial charge in [-0.15, -0.1) is 0 Å². The zero-order valence-electron chi connectivity index (χ0n) is 16.6. The molecule has 2 aliphatic heterocycles. The van der Waals surface area contributed by atoms with E-state index in [1.54, 1.807) is 18.3 Å². The Balaban J connectivity index is 1.26. The molecular weight excluding hydrogens is 366 g/mol. The summed E-state index contributed by atoms with van der Waals surface area (Å²) in [5, 5.41) is 17.3. The van der Waals surface area contributed by atoms with Crippen molar-refractivity contribution in [1.29, 1.82) is 0 Å². The first-order valence-corrected chi connectivity index (χ1v) is 10.5. The maximum atomic E-state index is 12.5. The van der Waals surface area contributed by atoms with Crippen molar-refractivity contribution in [2.24, 2.45) is 0 Å². The van der Waals surface area contributed by atoms with Gasteiger partial charge in [-0.3, -0.25) is 4.79 Å². The first-order chi connectivity index (χ1) is 14.2. The van der Waals surface area contributed by atoms with Crippen LogP contribution in [-0.2, 0) is 13.0 Å². The van der Waals surface area contributed by atoms with Crippen LogP contribution in [0.5, 0.6) is 5.88 Å². The average Bonchev–Trinajstić information content (AvgIpc) is 2.78. The monoisotopic (exact) mass is 395 g/mol. The quantitative estimate of drug-likeness (QED) is 0.624. The average molecular weight is 396 g/mol. The molecule has 0 amide bonds. The van der Waals surface area contributed by atoms with E-state index in [1.165, 1.54) is 11.1 Å². The lowest BCUT2D eigenvalue weighted by atomic mass is 9.91. The molecule has 1 saturated heterocycles. The zero-order chi connectivity index (χ0) is 20.1. The molecule has 0 bridgehead atoms. The number of carbonyl (C=O) groups is 1. The number of carbonyl (C=O) groups excluding carboxylic acids is 1. The number of rotatable bonds is 7. The van der Waals surface area contributed by atoms with Gasteiger partial charge in [-0.05, 0) is 56.0 Å². The van der Waals surface area contributed by atoms with Crippen molar-refractivity contribution in [3.8, 4) is 5.88 Å². The number of piperidine rings is 1. The summed E-state index contributed by atoms with van der Waals surface area (Å²) < 4.78 is 5.89. The number of aromatic nitrogens is 1. The molecule has 6 heteroatoms. The van der Waals surface area contributed by atoms with Gasteiger partial charge in [0.15, 0.2) is 5.78 Å². The first kappa shape index (κ1) is 20.0. The van der Waals surface area contributed by atoms with Gasteiger partial charge < -0.3 is 20.5 Å². The van der Waals surface area contributed by atoms with Crippen LogP contribution in [0.2, 0.25) is 0 Å².